The molecule has 0 aliphatic carbocycles. The number of hydrogen-bond donors (Lipinski definition) is 1. The summed E-state index contributed by atoms with van der Waals surface area (Å²) in [5, 5.41) is 13.7. The molecule has 0 aliphatic rings. The molecule has 2 rings (SSSR count). The van der Waals surface area contributed by atoms with Crippen molar-refractivity contribution < 1.29 is 4.92 Å². The van der Waals surface area contributed by atoms with Crippen LogP contribution in [0.1, 0.15) is 12.5 Å². The van der Waals surface area contributed by atoms with Crippen LogP contribution in [-0.2, 0) is 6.42 Å². The van der Waals surface area contributed by atoms with Crippen LogP contribution in [0.25, 0.3) is 0 Å². The van der Waals surface area contributed by atoms with Crippen LogP contribution in [0.5, 0.6) is 0 Å². The molecule has 0 fully saturated rings. The molecule has 0 bridgehead atoms. The molecule has 2 aromatic rings. The molecular weight excluding hydrogens is 242 g/mol. The van der Waals surface area contributed by atoms with Gasteiger partial charge in [0.1, 0.15) is 12.0 Å². The fraction of sp³-hybridized carbons (Fsp3) is 0.214. The van der Waals surface area contributed by atoms with Crippen molar-refractivity contribution in [3.63, 3.8) is 0 Å². The molecule has 1 N–H and O–H groups in total. The third-order valence-electron chi connectivity index (χ3n) is 2.74. The lowest BCUT2D eigenvalue weighted by Crippen LogP contribution is -2.18. The van der Waals surface area contributed by atoms with E-state index in [1.165, 1.54) is 17.8 Å². The minimum absolute atomic E-state index is 0.00117. The summed E-state index contributed by atoms with van der Waals surface area (Å²) in [4.78, 5) is 14.1. The predicted molar refractivity (Wildman–Crippen MR) is 74.1 cm³/mol. The number of benzene rings is 1. The van der Waals surface area contributed by atoms with Crippen LogP contribution in [0, 0.1) is 10.1 Å². The number of nitro groups is 1. The lowest BCUT2D eigenvalue weighted by atomic mass is 10.1. The summed E-state index contributed by atoms with van der Waals surface area (Å²) in [5.74, 6) is 0.647. The van der Waals surface area contributed by atoms with E-state index >= 15 is 0 Å². The van der Waals surface area contributed by atoms with Crippen molar-refractivity contribution in [1.29, 1.82) is 0 Å². The molecule has 98 valence electrons. The maximum atomic E-state index is 10.5. The van der Waals surface area contributed by atoms with E-state index in [1.54, 1.807) is 6.07 Å². The minimum Gasteiger partial charge on any atom is -0.367 e. The fourth-order valence-electron chi connectivity index (χ4n) is 1.85. The van der Waals surface area contributed by atoms with Gasteiger partial charge in [0.15, 0.2) is 0 Å². The number of rotatable bonds is 5. The number of hydrogen-bond acceptors (Lipinski definition) is 4. The van der Waals surface area contributed by atoms with Crippen LogP contribution in [0.4, 0.5) is 11.5 Å². The second-order valence-electron chi connectivity index (χ2n) is 4.39. The zero-order valence-corrected chi connectivity index (χ0v) is 10.6. The van der Waals surface area contributed by atoms with E-state index in [-0.39, 0.29) is 11.7 Å². The Kier molecular flexibility index (Phi) is 4.07. The molecular formula is C14H15N3O2. The molecule has 19 heavy (non-hydrogen) atoms. The van der Waals surface area contributed by atoms with Gasteiger partial charge in [0.05, 0.1) is 4.92 Å². The largest absolute Gasteiger partial charge is 0.367 e. The van der Waals surface area contributed by atoms with Gasteiger partial charge in [0.2, 0.25) is 0 Å². The van der Waals surface area contributed by atoms with Crippen molar-refractivity contribution in [2.24, 2.45) is 0 Å². The van der Waals surface area contributed by atoms with Gasteiger partial charge in [-0.15, -0.1) is 0 Å². The van der Waals surface area contributed by atoms with E-state index in [0.717, 1.165) is 6.42 Å². The van der Waals surface area contributed by atoms with E-state index in [2.05, 4.69) is 29.4 Å². The van der Waals surface area contributed by atoms with Crippen molar-refractivity contribution in [3.05, 3.63) is 64.3 Å². The summed E-state index contributed by atoms with van der Waals surface area (Å²) in [7, 11) is 0. The van der Waals surface area contributed by atoms with Gasteiger partial charge in [-0.1, -0.05) is 30.3 Å². The van der Waals surface area contributed by atoms with Gasteiger partial charge in [-0.3, -0.25) is 10.1 Å². The molecule has 1 aromatic carbocycles. The second-order valence-corrected chi connectivity index (χ2v) is 4.39. The van der Waals surface area contributed by atoms with E-state index in [4.69, 9.17) is 0 Å². The quantitative estimate of drug-likeness (QED) is 0.660. The van der Waals surface area contributed by atoms with Gasteiger partial charge in [-0.2, -0.15) is 0 Å². The molecule has 1 unspecified atom stereocenters. The molecule has 0 radical (unpaired) electrons. The third kappa shape index (κ3) is 3.77. The van der Waals surface area contributed by atoms with E-state index in [0.29, 0.717) is 5.82 Å². The van der Waals surface area contributed by atoms with Crippen molar-refractivity contribution in [3.8, 4) is 0 Å². The van der Waals surface area contributed by atoms with Crippen molar-refractivity contribution >= 4 is 11.5 Å². The van der Waals surface area contributed by atoms with Crippen LogP contribution in [-0.4, -0.2) is 15.9 Å². The molecule has 0 spiro atoms. The highest BCUT2D eigenvalue weighted by Gasteiger charge is 2.07. The lowest BCUT2D eigenvalue weighted by Gasteiger charge is -2.14. The number of pyridine rings is 1. The monoisotopic (exact) mass is 257 g/mol. The standard InChI is InChI=1S/C14H15N3O2/c1-11(9-12-5-3-2-4-6-12)16-14-8-7-13(10-15-14)17(18)19/h2-8,10-11H,9H2,1H3,(H,15,16). The highest BCUT2D eigenvalue weighted by Crippen LogP contribution is 2.13. The summed E-state index contributed by atoms with van der Waals surface area (Å²) in [5.41, 5.74) is 1.24. The summed E-state index contributed by atoms with van der Waals surface area (Å²) >= 11 is 0. The zero-order chi connectivity index (χ0) is 13.7. The first kappa shape index (κ1) is 13.0. The first-order valence-electron chi connectivity index (χ1n) is 6.06. The second kappa shape index (κ2) is 5.95. The van der Waals surface area contributed by atoms with Crippen molar-refractivity contribution in [2.75, 3.05) is 5.32 Å². The van der Waals surface area contributed by atoms with E-state index < -0.39 is 4.92 Å². The summed E-state index contributed by atoms with van der Waals surface area (Å²) < 4.78 is 0. The Morgan fingerprint density at radius 3 is 2.58 bits per heavy atom. The number of anilines is 1. The van der Waals surface area contributed by atoms with Crippen molar-refractivity contribution in [2.45, 2.75) is 19.4 Å². The van der Waals surface area contributed by atoms with Gasteiger partial charge in [0.25, 0.3) is 5.69 Å². The highest BCUT2D eigenvalue weighted by atomic mass is 16.6. The Labute approximate surface area is 111 Å². The Hall–Kier alpha value is -2.43. The van der Waals surface area contributed by atoms with Crippen LogP contribution in [0.15, 0.2) is 48.7 Å². The SMILES string of the molecule is CC(Cc1ccccc1)Nc1ccc([N+](=O)[O-])cn1. The maximum absolute atomic E-state index is 10.5. The molecule has 1 heterocycles. The molecule has 0 saturated heterocycles. The maximum Gasteiger partial charge on any atom is 0.287 e. The summed E-state index contributed by atoms with van der Waals surface area (Å²) in [6.07, 6.45) is 2.14. The normalized spacial score (nSPS) is 11.8. The Balaban J connectivity index is 1.95. The van der Waals surface area contributed by atoms with Gasteiger partial charge in [-0.05, 0) is 25.0 Å². The first-order valence-corrected chi connectivity index (χ1v) is 6.06. The zero-order valence-electron chi connectivity index (χ0n) is 10.6. The van der Waals surface area contributed by atoms with E-state index in [9.17, 15) is 10.1 Å². The van der Waals surface area contributed by atoms with Gasteiger partial charge in [-0.25, -0.2) is 4.98 Å². The Morgan fingerprint density at radius 2 is 2.00 bits per heavy atom. The lowest BCUT2D eigenvalue weighted by molar-refractivity contribution is -0.385. The molecule has 0 amide bonds. The van der Waals surface area contributed by atoms with Crippen LogP contribution in [0.2, 0.25) is 0 Å². The average molecular weight is 257 g/mol. The number of nitrogens with one attached hydrogen (secondary N) is 1. The van der Waals surface area contributed by atoms with Crippen LogP contribution in [0.3, 0.4) is 0 Å². The molecule has 5 heteroatoms. The fourth-order valence-corrected chi connectivity index (χ4v) is 1.85. The summed E-state index contributed by atoms with van der Waals surface area (Å²) in [6, 6.07) is 13.4. The topological polar surface area (TPSA) is 68.1 Å². The first-order chi connectivity index (χ1) is 9.15. The third-order valence-corrected chi connectivity index (χ3v) is 2.74. The smallest absolute Gasteiger partial charge is 0.287 e. The number of nitrogens with zero attached hydrogens (tertiary/aromatic N) is 2. The molecule has 1 atom stereocenters. The van der Waals surface area contributed by atoms with Crippen molar-refractivity contribution in [1.82, 2.24) is 4.98 Å². The van der Waals surface area contributed by atoms with Crippen LogP contribution >= 0.6 is 0 Å². The van der Waals surface area contributed by atoms with E-state index in [1.807, 2.05) is 18.2 Å². The molecule has 0 saturated carbocycles. The summed E-state index contributed by atoms with van der Waals surface area (Å²) in [6.45, 7) is 2.05. The highest BCUT2D eigenvalue weighted by molar-refractivity contribution is 5.41. The van der Waals surface area contributed by atoms with Gasteiger partial charge < -0.3 is 5.32 Å². The molecule has 0 aliphatic heterocycles. The Morgan fingerprint density at radius 1 is 1.26 bits per heavy atom. The molecule has 5 nitrogen and oxygen atoms in total. The van der Waals surface area contributed by atoms with Crippen LogP contribution < -0.4 is 5.32 Å². The number of aromatic nitrogens is 1. The van der Waals surface area contributed by atoms with Gasteiger partial charge in [0, 0.05) is 12.1 Å². The average Bonchev–Trinajstić information content (AvgIpc) is 2.40. The predicted octanol–water partition coefficient (Wildman–Crippen LogP) is 3.03. The Bertz CT molecular complexity index is 540. The molecule has 1 aromatic heterocycles. The van der Waals surface area contributed by atoms with Gasteiger partial charge >= 0.3 is 0 Å². The minimum atomic E-state index is -0.454.